The second-order valence-corrected chi connectivity index (χ2v) is 13.9. The van der Waals surface area contributed by atoms with E-state index >= 15 is 0 Å². The predicted octanol–water partition coefficient (Wildman–Crippen LogP) is 12.7. The van der Waals surface area contributed by atoms with Gasteiger partial charge in [-0.15, -0.1) is 11.3 Å². The van der Waals surface area contributed by atoms with Gasteiger partial charge in [-0.1, -0.05) is 109 Å². The summed E-state index contributed by atoms with van der Waals surface area (Å²) in [4.78, 5) is 15.0. The van der Waals surface area contributed by atoms with Crippen LogP contribution < -0.4 is 0 Å². The Kier molecular flexibility index (Phi) is 6.05. The molecule has 11 rings (SSSR count). The van der Waals surface area contributed by atoms with Crippen LogP contribution in [-0.2, 0) is 0 Å². The molecule has 11 aromatic rings. The molecule has 0 aliphatic heterocycles. The number of furan rings is 2. The van der Waals surface area contributed by atoms with Crippen LogP contribution in [0.4, 0.5) is 0 Å². The van der Waals surface area contributed by atoms with Crippen molar-refractivity contribution in [3.8, 4) is 45.3 Å². The molecule has 0 bridgehead atoms. The van der Waals surface area contributed by atoms with Crippen LogP contribution in [0.1, 0.15) is 0 Å². The van der Waals surface area contributed by atoms with E-state index in [-0.39, 0.29) is 0 Å². The lowest BCUT2D eigenvalue weighted by molar-refractivity contribution is 0.668. The van der Waals surface area contributed by atoms with Gasteiger partial charge in [-0.25, -0.2) is 15.0 Å². The van der Waals surface area contributed by atoms with Crippen molar-refractivity contribution in [3.05, 3.63) is 152 Å². The van der Waals surface area contributed by atoms with Gasteiger partial charge < -0.3 is 8.83 Å². The third-order valence-corrected chi connectivity index (χ3v) is 10.9. The molecule has 51 heavy (non-hydrogen) atoms. The molecule has 0 saturated heterocycles. The summed E-state index contributed by atoms with van der Waals surface area (Å²) in [6.45, 7) is 0. The lowest BCUT2D eigenvalue weighted by Gasteiger charge is -2.08. The van der Waals surface area contributed by atoms with Crippen molar-refractivity contribution < 1.29 is 8.83 Å². The molecule has 5 nitrogen and oxygen atoms in total. The molecule has 0 atom stereocenters. The summed E-state index contributed by atoms with van der Waals surface area (Å²) in [5, 5.41) is 6.81. The summed E-state index contributed by atoms with van der Waals surface area (Å²) in [6, 6.07) is 52.2. The smallest absolute Gasteiger partial charge is 0.164 e. The van der Waals surface area contributed by atoms with E-state index in [9.17, 15) is 0 Å². The van der Waals surface area contributed by atoms with E-state index in [4.69, 9.17) is 23.8 Å². The zero-order chi connectivity index (χ0) is 33.5. The van der Waals surface area contributed by atoms with Crippen LogP contribution >= 0.6 is 11.3 Å². The normalized spacial score (nSPS) is 11.9. The van der Waals surface area contributed by atoms with Crippen molar-refractivity contribution in [3.63, 3.8) is 0 Å². The first-order chi connectivity index (χ1) is 25.2. The molecule has 0 unspecified atom stereocenters. The molecule has 0 aliphatic rings. The highest BCUT2D eigenvalue weighted by atomic mass is 32.1. The van der Waals surface area contributed by atoms with E-state index < -0.39 is 0 Å². The Labute approximate surface area is 295 Å². The van der Waals surface area contributed by atoms with Crippen LogP contribution in [0.5, 0.6) is 0 Å². The summed E-state index contributed by atoms with van der Waals surface area (Å²) >= 11 is 1.79. The molecular formula is C45H25N3O2S. The lowest BCUT2D eigenvalue weighted by atomic mass is 10.0. The minimum Gasteiger partial charge on any atom is -0.456 e. The van der Waals surface area contributed by atoms with Gasteiger partial charge in [0.25, 0.3) is 0 Å². The second-order valence-electron chi connectivity index (χ2n) is 12.8. The largest absolute Gasteiger partial charge is 0.456 e. The van der Waals surface area contributed by atoms with Crippen LogP contribution in [0.25, 0.3) is 109 Å². The molecule has 0 amide bonds. The summed E-state index contributed by atoms with van der Waals surface area (Å²) in [5.74, 6) is 1.85. The van der Waals surface area contributed by atoms with Gasteiger partial charge >= 0.3 is 0 Å². The maximum absolute atomic E-state index is 6.55. The Morgan fingerprint density at radius 2 is 0.922 bits per heavy atom. The third-order valence-electron chi connectivity index (χ3n) is 9.75. The number of benzene rings is 7. The quantitative estimate of drug-likeness (QED) is 0.186. The number of nitrogens with zero attached hydrogens (tertiary/aromatic N) is 3. The van der Waals surface area contributed by atoms with Gasteiger partial charge in [-0.05, 0) is 48.0 Å². The van der Waals surface area contributed by atoms with Crippen molar-refractivity contribution >= 4 is 75.4 Å². The minimum atomic E-state index is 0.592. The van der Waals surface area contributed by atoms with Crippen molar-refractivity contribution in [1.82, 2.24) is 15.0 Å². The zero-order valence-electron chi connectivity index (χ0n) is 27.0. The van der Waals surface area contributed by atoms with Crippen LogP contribution in [0, 0.1) is 0 Å². The Hall–Kier alpha value is -6.63. The van der Waals surface area contributed by atoms with Crippen LogP contribution in [0.2, 0.25) is 0 Å². The minimum absolute atomic E-state index is 0.592. The van der Waals surface area contributed by atoms with Crippen molar-refractivity contribution in [2.45, 2.75) is 0 Å². The topological polar surface area (TPSA) is 65.0 Å². The van der Waals surface area contributed by atoms with Gasteiger partial charge in [0.05, 0.1) is 0 Å². The Morgan fingerprint density at radius 1 is 0.353 bits per heavy atom. The highest BCUT2D eigenvalue weighted by Gasteiger charge is 2.17. The molecule has 0 N–H and O–H groups in total. The number of para-hydroxylation sites is 2. The zero-order valence-corrected chi connectivity index (χ0v) is 27.8. The van der Waals surface area contributed by atoms with E-state index in [1.807, 2.05) is 54.6 Å². The molecule has 0 saturated carbocycles. The van der Waals surface area contributed by atoms with Crippen molar-refractivity contribution in [2.24, 2.45) is 0 Å². The van der Waals surface area contributed by atoms with Gasteiger partial charge in [0.15, 0.2) is 17.5 Å². The maximum Gasteiger partial charge on any atom is 0.164 e. The maximum atomic E-state index is 6.55. The molecular weight excluding hydrogens is 647 g/mol. The Balaban J connectivity index is 1.04. The number of aromatic nitrogens is 3. The highest BCUT2D eigenvalue weighted by Crippen LogP contribution is 2.40. The molecule has 238 valence electrons. The van der Waals surface area contributed by atoms with Gasteiger partial charge in [-0.2, -0.15) is 0 Å². The van der Waals surface area contributed by atoms with Gasteiger partial charge in [0.1, 0.15) is 22.3 Å². The van der Waals surface area contributed by atoms with Crippen molar-refractivity contribution in [2.75, 3.05) is 0 Å². The third kappa shape index (κ3) is 4.50. The first-order valence-corrected chi connectivity index (χ1v) is 17.7. The molecule has 6 heteroatoms. The first-order valence-electron chi connectivity index (χ1n) is 16.8. The van der Waals surface area contributed by atoms with E-state index in [2.05, 4.69) is 97.1 Å². The summed E-state index contributed by atoms with van der Waals surface area (Å²) in [7, 11) is 0. The SMILES string of the molecule is c1ccc(-c2nc(-c3ccc4c(c3)oc3cc(-c5cccc6c5oc5ccccc56)ccc34)nc(-c3ccc4c(c3)sc3ccccc34)n2)cc1. The summed E-state index contributed by atoms with van der Waals surface area (Å²) < 4.78 is 15.4. The van der Waals surface area contributed by atoms with Crippen LogP contribution in [0.15, 0.2) is 160 Å². The molecule has 0 spiro atoms. The van der Waals surface area contributed by atoms with Crippen molar-refractivity contribution in [1.29, 1.82) is 0 Å². The monoisotopic (exact) mass is 671 g/mol. The molecule has 4 heterocycles. The Morgan fingerprint density at radius 3 is 1.73 bits per heavy atom. The van der Waals surface area contributed by atoms with Gasteiger partial charge in [-0.3, -0.25) is 0 Å². The fraction of sp³-hybridized carbons (Fsp3) is 0. The van der Waals surface area contributed by atoms with Gasteiger partial charge in [0.2, 0.25) is 0 Å². The van der Waals surface area contributed by atoms with E-state index in [1.165, 1.54) is 20.2 Å². The lowest BCUT2D eigenvalue weighted by Crippen LogP contribution is -2.00. The van der Waals surface area contributed by atoms with E-state index in [0.717, 1.165) is 71.7 Å². The second kappa shape index (κ2) is 10.9. The molecule has 0 radical (unpaired) electrons. The Bertz CT molecular complexity index is 3160. The van der Waals surface area contributed by atoms with Crippen LogP contribution in [-0.4, -0.2) is 15.0 Å². The fourth-order valence-corrected chi connectivity index (χ4v) is 8.42. The number of thiophene rings is 1. The van der Waals surface area contributed by atoms with Gasteiger partial charge in [0, 0.05) is 64.0 Å². The van der Waals surface area contributed by atoms with E-state index in [0.29, 0.717) is 17.5 Å². The molecule has 0 fully saturated rings. The summed E-state index contributed by atoms with van der Waals surface area (Å²) in [5.41, 5.74) is 8.16. The number of hydrogen-bond acceptors (Lipinski definition) is 6. The predicted molar refractivity (Wildman–Crippen MR) is 209 cm³/mol. The summed E-state index contributed by atoms with van der Waals surface area (Å²) in [6.07, 6.45) is 0. The first kappa shape index (κ1) is 28.2. The highest BCUT2D eigenvalue weighted by molar-refractivity contribution is 7.25. The molecule has 7 aromatic carbocycles. The molecule has 4 aromatic heterocycles. The standard InChI is InChI=1S/C45H25N3O2S/c1-2-9-26(10-3-1)43-46-44(48-45(47-43)29-19-22-35-34-12-5-7-16-40(34)51-41(35)25-29)28-18-21-33-32-20-17-27(23-38(32)49-39(33)24-28)30-13-8-14-36-31-11-4-6-15-37(31)50-42(30)36/h1-25H. The fourth-order valence-electron chi connectivity index (χ4n) is 7.27. The number of hydrogen-bond donors (Lipinski definition) is 0. The van der Waals surface area contributed by atoms with E-state index in [1.54, 1.807) is 11.3 Å². The average molecular weight is 672 g/mol. The van der Waals surface area contributed by atoms with Crippen LogP contribution in [0.3, 0.4) is 0 Å². The average Bonchev–Trinajstić information content (AvgIpc) is 3.88. The molecule has 0 aliphatic carbocycles. The number of fused-ring (bicyclic) bond motifs is 9. The number of rotatable bonds is 4.